The molecule has 0 aromatic heterocycles. The van der Waals surface area contributed by atoms with Gasteiger partial charge in [-0.25, -0.2) is 0 Å². The summed E-state index contributed by atoms with van der Waals surface area (Å²) in [4.78, 5) is 0. The smallest absolute Gasteiger partial charge is 0.117 e. The van der Waals surface area contributed by atoms with Gasteiger partial charge in [0, 0.05) is 0 Å². The van der Waals surface area contributed by atoms with E-state index >= 15 is 0 Å². The van der Waals surface area contributed by atoms with Gasteiger partial charge >= 0.3 is 0 Å². The lowest BCUT2D eigenvalue weighted by Crippen LogP contribution is -2.13. The largest absolute Gasteiger partial charge is 0.494 e. The minimum atomic E-state index is 0.879. The van der Waals surface area contributed by atoms with E-state index in [4.69, 9.17) is 4.74 Å². The molecule has 0 saturated heterocycles. The van der Waals surface area contributed by atoms with Crippen molar-refractivity contribution in [1.29, 1.82) is 0 Å². The highest BCUT2D eigenvalue weighted by Gasteiger charge is 2.04. The lowest BCUT2D eigenvalue weighted by Gasteiger charge is -2.15. The molecule has 0 atom stereocenters. The van der Waals surface area contributed by atoms with Crippen molar-refractivity contribution in [2.45, 2.75) is 33.1 Å². The first-order valence-electron chi connectivity index (χ1n) is 5.55. The highest BCUT2D eigenvalue weighted by atomic mass is 16.5. The first kappa shape index (κ1) is 11.3. The van der Waals surface area contributed by atoms with Crippen molar-refractivity contribution >= 4 is 0 Å². The molecule has 1 rings (SSSR count). The standard InChI is InChI=1S/C12H21NO/c1-3-13-9-6-7-11(2)12-8-4-5-10-14-12/h7-8,13H,3-6,9-10H2,1-2H3/b11-7-. The minimum absolute atomic E-state index is 0.879. The molecule has 1 heterocycles. The zero-order valence-corrected chi connectivity index (χ0v) is 9.31. The molecule has 0 unspecified atom stereocenters. The molecule has 2 nitrogen and oxygen atoms in total. The minimum Gasteiger partial charge on any atom is -0.494 e. The van der Waals surface area contributed by atoms with Gasteiger partial charge in [-0.15, -0.1) is 0 Å². The molecule has 0 radical (unpaired) electrons. The molecule has 14 heavy (non-hydrogen) atoms. The fourth-order valence-corrected chi connectivity index (χ4v) is 1.50. The van der Waals surface area contributed by atoms with Crippen molar-refractivity contribution in [2.75, 3.05) is 19.7 Å². The van der Waals surface area contributed by atoms with Crippen molar-refractivity contribution in [2.24, 2.45) is 0 Å². The van der Waals surface area contributed by atoms with Crippen LogP contribution in [0.15, 0.2) is 23.5 Å². The summed E-state index contributed by atoms with van der Waals surface area (Å²) in [7, 11) is 0. The molecule has 0 amide bonds. The zero-order chi connectivity index (χ0) is 10.2. The molecule has 0 fully saturated rings. The second-order valence-electron chi connectivity index (χ2n) is 3.59. The van der Waals surface area contributed by atoms with E-state index in [1.807, 2.05) is 0 Å². The normalized spacial score (nSPS) is 17.6. The predicted molar refractivity (Wildman–Crippen MR) is 60.2 cm³/mol. The molecule has 80 valence electrons. The Labute approximate surface area is 87.0 Å². The lowest BCUT2D eigenvalue weighted by molar-refractivity contribution is 0.201. The Kier molecular flexibility index (Phi) is 5.38. The van der Waals surface area contributed by atoms with E-state index in [2.05, 4.69) is 31.3 Å². The average molecular weight is 195 g/mol. The Balaban J connectivity index is 2.31. The summed E-state index contributed by atoms with van der Waals surface area (Å²) >= 11 is 0. The van der Waals surface area contributed by atoms with Crippen LogP contribution in [-0.4, -0.2) is 19.7 Å². The Morgan fingerprint density at radius 2 is 2.50 bits per heavy atom. The first-order valence-corrected chi connectivity index (χ1v) is 5.55. The summed E-state index contributed by atoms with van der Waals surface area (Å²) < 4.78 is 5.57. The predicted octanol–water partition coefficient (Wildman–Crippen LogP) is 2.63. The van der Waals surface area contributed by atoms with Crippen LogP contribution in [0.25, 0.3) is 0 Å². The van der Waals surface area contributed by atoms with E-state index in [9.17, 15) is 0 Å². The van der Waals surface area contributed by atoms with Gasteiger partial charge in [-0.2, -0.15) is 0 Å². The van der Waals surface area contributed by atoms with Crippen LogP contribution in [0.2, 0.25) is 0 Å². The Hall–Kier alpha value is -0.760. The fourth-order valence-electron chi connectivity index (χ4n) is 1.50. The van der Waals surface area contributed by atoms with Crippen LogP contribution >= 0.6 is 0 Å². The quantitative estimate of drug-likeness (QED) is 0.681. The van der Waals surface area contributed by atoms with Gasteiger partial charge < -0.3 is 10.1 Å². The van der Waals surface area contributed by atoms with Crippen molar-refractivity contribution in [1.82, 2.24) is 5.32 Å². The summed E-state index contributed by atoms with van der Waals surface area (Å²) in [6, 6.07) is 0. The maximum Gasteiger partial charge on any atom is 0.117 e. The van der Waals surface area contributed by atoms with Gasteiger partial charge in [0.2, 0.25) is 0 Å². The molecule has 0 bridgehead atoms. The fraction of sp³-hybridized carbons (Fsp3) is 0.667. The summed E-state index contributed by atoms with van der Waals surface area (Å²) in [5.41, 5.74) is 1.28. The molecule has 1 aliphatic heterocycles. The van der Waals surface area contributed by atoms with Gasteiger partial charge in [0.15, 0.2) is 0 Å². The van der Waals surface area contributed by atoms with E-state index < -0.39 is 0 Å². The molecular weight excluding hydrogens is 174 g/mol. The van der Waals surface area contributed by atoms with Crippen LogP contribution < -0.4 is 5.32 Å². The summed E-state index contributed by atoms with van der Waals surface area (Å²) in [5, 5.41) is 3.30. The third-order valence-electron chi connectivity index (χ3n) is 2.35. The average Bonchev–Trinajstić information content (AvgIpc) is 2.25. The number of allylic oxidation sites excluding steroid dienone is 2. The summed E-state index contributed by atoms with van der Waals surface area (Å²) in [5.74, 6) is 1.09. The SMILES string of the molecule is CCNCC/C=C(/C)C1=CCCCO1. The lowest BCUT2D eigenvalue weighted by atomic mass is 10.1. The molecule has 0 saturated carbocycles. The number of hydrogen-bond donors (Lipinski definition) is 1. The van der Waals surface area contributed by atoms with E-state index in [1.165, 1.54) is 5.57 Å². The maximum absolute atomic E-state index is 5.57. The number of nitrogens with one attached hydrogen (secondary N) is 1. The second kappa shape index (κ2) is 6.66. The van der Waals surface area contributed by atoms with Crippen molar-refractivity contribution in [3.8, 4) is 0 Å². The van der Waals surface area contributed by atoms with Crippen LogP contribution in [-0.2, 0) is 4.74 Å². The Bertz CT molecular complexity index is 218. The van der Waals surface area contributed by atoms with E-state index in [0.29, 0.717) is 0 Å². The molecule has 0 aliphatic carbocycles. The molecule has 1 aliphatic rings. The van der Waals surface area contributed by atoms with Crippen LogP contribution in [0.4, 0.5) is 0 Å². The monoisotopic (exact) mass is 195 g/mol. The van der Waals surface area contributed by atoms with Crippen molar-refractivity contribution < 1.29 is 4.74 Å². The first-order chi connectivity index (χ1) is 6.84. The van der Waals surface area contributed by atoms with Gasteiger partial charge in [-0.3, -0.25) is 0 Å². The van der Waals surface area contributed by atoms with Gasteiger partial charge in [0.25, 0.3) is 0 Å². The zero-order valence-electron chi connectivity index (χ0n) is 9.31. The topological polar surface area (TPSA) is 21.3 Å². The van der Waals surface area contributed by atoms with Gasteiger partial charge in [-0.05, 0) is 50.9 Å². The van der Waals surface area contributed by atoms with Crippen LogP contribution in [0.1, 0.15) is 33.1 Å². The molecular formula is C12H21NO. The number of ether oxygens (including phenoxy) is 1. The van der Waals surface area contributed by atoms with Crippen LogP contribution in [0.3, 0.4) is 0 Å². The van der Waals surface area contributed by atoms with E-state index in [1.54, 1.807) is 0 Å². The Morgan fingerprint density at radius 1 is 1.64 bits per heavy atom. The third-order valence-corrected chi connectivity index (χ3v) is 2.35. The number of hydrogen-bond acceptors (Lipinski definition) is 2. The van der Waals surface area contributed by atoms with Gasteiger partial charge in [-0.1, -0.05) is 13.0 Å². The highest BCUT2D eigenvalue weighted by molar-refractivity contribution is 5.24. The second-order valence-corrected chi connectivity index (χ2v) is 3.59. The molecule has 0 aromatic carbocycles. The third kappa shape index (κ3) is 3.97. The van der Waals surface area contributed by atoms with Crippen molar-refractivity contribution in [3.63, 3.8) is 0 Å². The van der Waals surface area contributed by atoms with E-state index in [0.717, 1.165) is 44.7 Å². The highest BCUT2D eigenvalue weighted by Crippen LogP contribution is 2.17. The summed E-state index contributed by atoms with van der Waals surface area (Å²) in [6.07, 6.45) is 7.85. The van der Waals surface area contributed by atoms with Gasteiger partial charge in [0.1, 0.15) is 5.76 Å². The molecule has 2 heteroatoms. The van der Waals surface area contributed by atoms with Crippen molar-refractivity contribution in [3.05, 3.63) is 23.5 Å². The van der Waals surface area contributed by atoms with E-state index in [-0.39, 0.29) is 0 Å². The molecule has 1 N–H and O–H groups in total. The van der Waals surface area contributed by atoms with Crippen LogP contribution in [0.5, 0.6) is 0 Å². The molecule has 0 aromatic rings. The van der Waals surface area contributed by atoms with Gasteiger partial charge in [0.05, 0.1) is 6.61 Å². The molecule has 0 spiro atoms. The number of rotatable bonds is 5. The maximum atomic E-state index is 5.57. The Morgan fingerprint density at radius 3 is 3.14 bits per heavy atom. The van der Waals surface area contributed by atoms with Crippen LogP contribution in [0, 0.1) is 0 Å². The summed E-state index contributed by atoms with van der Waals surface area (Å²) in [6.45, 7) is 7.24.